The van der Waals surface area contributed by atoms with Gasteiger partial charge < -0.3 is 0 Å². The number of nitrogens with zero attached hydrogens (tertiary/aromatic N) is 1. The summed E-state index contributed by atoms with van der Waals surface area (Å²) in [5.74, 6) is -5.92. The first-order valence-electron chi connectivity index (χ1n) is 4.25. The van der Waals surface area contributed by atoms with Gasteiger partial charge in [0, 0.05) is 6.20 Å². The number of rotatable bonds is 5. The predicted octanol–water partition coefficient (Wildman–Crippen LogP) is 3.88. The second-order valence-corrected chi connectivity index (χ2v) is 3.47. The molecule has 0 aliphatic heterocycles. The molecule has 0 radical (unpaired) electrons. The fourth-order valence-corrected chi connectivity index (χ4v) is 0.926. The molecule has 0 saturated heterocycles. The van der Waals surface area contributed by atoms with Crippen LogP contribution in [0, 0.1) is 0 Å². The van der Waals surface area contributed by atoms with Crippen LogP contribution in [0.3, 0.4) is 0 Å². The maximum Gasteiger partial charge on any atom is 0.489 e. The van der Waals surface area contributed by atoms with Gasteiger partial charge in [0.25, 0.3) is 0 Å². The Kier molecular flexibility index (Phi) is 4.27. The van der Waals surface area contributed by atoms with Crippen molar-refractivity contribution < 1.29 is 39.5 Å². The highest BCUT2D eigenvalue weighted by molar-refractivity contribution is 5.01. The molecule has 1 nitrogen and oxygen atoms in total. The summed E-state index contributed by atoms with van der Waals surface area (Å²) >= 11 is 0. The third-order valence-electron chi connectivity index (χ3n) is 2.04. The summed E-state index contributed by atoms with van der Waals surface area (Å²) in [5, 5.41) is 0. The van der Waals surface area contributed by atoms with E-state index < -0.39 is 41.7 Å². The Morgan fingerprint density at radius 1 is 1.00 bits per heavy atom. The lowest BCUT2D eigenvalue weighted by Crippen LogP contribution is -2.64. The maximum atomic E-state index is 13.0. The standard InChI is InChI=1S/C8H8F9N/c1-3-18(8(15,16)17)7(13,14)6(11,12)5(2,10)4-9/h3H,1,4H2,2H3. The normalized spacial score (nSPS) is 17.2. The number of hydrogen-bond acceptors (Lipinski definition) is 1. The van der Waals surface area contributed by atoms with Gasteiger partial charge in [0.05, 0.1) is 0 Å². The van der Waals surface area contributed by atoms with Crippen LogP contribution < -0.4 is 0 Å². The number of halogens is 9. The van der Waals surface area contributed by atoms with Crippen molar-refractivity contribution in [1.29, 1.82) is 0 Å². The molecule has 0 aromatic heterocycles. The molecule has 108 valence electrons. The molecule has 0 N–H and O–H groups in total. The molecule has 1 atom stereocenters. The van der Waals surface area contributed by atoms with E-state index in [0.29, 0.717) is 0 Å². The van der Waals surface area contributed by atoms with Crippen LogP contribution in [0.4, 0.5) is 39.5 Å². The molecule has 0 saturated carbocycles. The zero-order chi connectivity index (χ0) is 15.0. The van der Waals surface area contributed by atoms with Gasteiger partial charge in [-0.1, -0.05) is 6.58 Å². The average molecular weight is 289 g/mol. The van der Waals surface area contributed by atoms with Crippen molar-refractivity contribution in [3.63, 3.8) is 0 Å². The second kappa shape index (κ2) is 4.54. The van der Waals surface area contributed by atoms with E-state index in [-0.39, 0.29) is 6.92 Å². The van der Waals surface area contributed by atoms with Gasteiger partial charge in [-0.15, -0.1) is 13.2 Å². The molecule has 1 unspecified atom stereocenters. The molecule has 0 aliphatic carbocycles. The van der Waals surface area contributed by atoms with Crippen molar-refractivity contribution in [3.05, 3.63) is 12.8 Å². The molecule has 0 rings (SSSR count). The molecule has 0 amide bonds. The van der Waals surface area contributed by atoms with E-state index in [9.17, 15) is 39.5 Å². The highest BCUT2D eigenvalue weighted by Crippen LogP contribution is 2.49. The zero-order valence-electron chi connectivity index (χ0n) is 8.84. The van der Waals surface area contributed by atoms with Crippen molar-refractivity contribution >= 4 is 0 Å². The largest absolute Gasteiger partial charge is 0.489 e. The summed E-state index contributed by atoms with van der Waals surface area (Å²) in [6, 6.07) is -6.03. The van der Waals surface area contributed by atoms with Gasteiger partial charge >= 0.3 is 18.3 Å². The van der Waals surface area contributed by atoms with Gasteiger partial charge in [0.1, 0.15) is 6.67 Å². The highest BCUT2D eigenvalue weighted by atomic mass is 19.4. The first kappa shape index (κ1) is 16.9. The zero-order valence-corrected chi connectivity index (χ0v) is 8.84. The number of hydrogen-bond donors (Lipinski definition) is 0. The monoisotopic (exact) mass is 289 g/mol. The SMILES string of the molecule is C=CN(C(F)(F)F)C(F)(F)C(F)(F)C(C)(F)CF. The summed E-state index contributed by atoms with van der Waals surface area (Å²) in [6.07, 6.45) is -6.57. The third-order valence-corrected chi connectivity index (χ3v) is 2.04. The Morgan fingerprint density at radius 3 is 1.61 bits per heavy atom. The van der Waals surface area contributed by atoms with Crippen molar-refractivity contribution in [2.45, 2.75) is 30.9 Å². The summed E-state index contributed by atoms with van der Waals surface area (Å²) in [7, 11) is 0. The van der Waals surface area contributed by atoms with Crippen molar-refractivity contribution in [3.8, 4) is 0 Å². The Balaban J connectivity index is 5.69. The molecule has 0 aromatic rings. The van der Waals surface area contributed by atoms with Crippen LogP contribution in [0.25, 0.3) is 0 Å². The lowest BCUT2D eigenvalue weighted by molar-refractivity contribution is -0.385. The van der Waals surface area contributed by atoms with Crippen LogP contribution in [0.5, 0.6) is 0 Å². The quantitative estimate of drug-likeness (QED) is 0.548. The topological polar surface area (TPSA) is 3.24 Å². The molecule has 0 aliphatic rings. The highest BCUT2D eigenvalue weighted by Gasteiger charge is 2.73. The van der Waals surface area contributed by atoms with E-state index in [2.05, 4.69) is 6.58 Å². The fraction of sp³-hybridized carbons (Fsp3) is 0.750. The smallest absolute Gasteiger partial charge is 0.247 e. The van der Waals surface area contributed by atoms with E-state index in [1.54, 1.807) is 0 Å². The summed E-state index contributed by atoms with van der Waals surface area (Å²) in [4.78, 5) is -2.08. The summed E-state index contributed by atoms with van der Waals surface area (Å²) in [6.45, 7) is -0.559. The van der Waals surface area contributed by atoms with Gasteiger partial charge in [-0.2, -0.15) is 17.6 Å². The Bertz CT molecular complexity index is 306. The van der Waals surface area contributed by atoms with E-state index >= 15 is 0 Å². The van der Waals surface area contributed by atoms with Crippen LogP contribution in [0.2, 0.25) is 0 Å². The minimum atomic E-state index is -6.03. The number of alkyl halides is 9. The molecular formula is C8H8F9N. The Morgan fingerprint density at radius 2 is 1.39 bits per heavy atom. The third kappa shape index (κ3) is 2.51. The van der Waals surface area contributed by atoms with Gasteiger partial charge in [0.2, 0.25) is 5.67 Å². The van der Waals surface area contributed by atoms with Crippen molar-refractivity contribution in [1.82, 2.24) is 4.90 Å². The Labute approximate surface area is 95.9 Å². The molecule has 0 spiro atoms. The first-order valence-corrected chi connectivity index (χ1v) is 4.25. The molecule has 0 fully saturated rings. The van der Waals surface area contributed by atoms with Crippen molar-refractivity contribution in [2.24, 2.45) is 0 Å². The summed E-state index contributed by atoms with van der Waals surface area (Å²) < 4.78 is 113. The molecule has 10 heteroatoms. The van der Waals surface area contributed by atoms with Crippen LogP contribution >= 0.6 is 0 Å². The van der Waals surface area contributed by atoms with E-state index in [4.69, 9.17) is 0 Å². The fourth-order valence-electron chi connectivity index (χ4n) is 0.926. The second-order valence-electron chi connectivity index (χ2n) is 3.47. The molecule has 0 aromatic carbocycles. The van der Waals surface area contributed by atoms with Gasteiger partial charge in [0.15, 0.2) is 0 Å². The van der Waals surface area contributed by atoms with Gasteiger partial charge in [-0.3, -0.25) is 0 Å². The predicted molar refractivity (Wildman–Crippen MR) is 43.5 cm³/mol. The van der Waals surface area contributed by atoms with Crippen molar-refractivity contribution in [2.75, 3.05) is 6.67 Å². The first-order chi connectivity index (χ1) is 7.75. The van der Waals surface area contributed by atoms with E-state index in [1.165, 1.54) is 0 Å². The van der Waals surface area contributed by atoms with Crippen LogP contribution in [0.1, 0.15) is 6.92 Å². The summed E-state index contributed by atoms with van der Waals surface area (Å²) in [5.41, 5.74) is -4.47. The Hall–Kier alpha value is -1.09. The van der Waals surface area contributed by atoms with Crippen LogP contribution in [-0.2, 0) is 0 Å². The maximum absolute atomic E-state index is 13.0. The minimum absolute atomic E-state index is 0.265. The molecular weight excluding hydrogens is 281 g/mol. The van der Waals surface area contributed by atoms with E-state index in [1.807, 2.05) is 0 Å². The van der Waals surface area contributed by atoms with Gasteiger partial charge in [-0.05, 0) is 6.92 Å². The van der Waals surface area contributed by atoms with E-state index in [0.717, 1.165) is 0 Å². The minimum Gasteiger partial charge on any atom is -0.247 e. The molecule has 18 heavy (non-hydrogen) atoms. The van der Waals surface area contributed by atoms with Gasteiger partial charge in [-0.25, -0.2) is 13.7 Å². The molecule has 0 heterocycles. The van der Waals surface area contributed by atoms with Crippen LogP contribution in [0.15, 0.2) is 12.8 Å². The lowest BCUT2D eigenvalue weighted by Gasteiger charge is -2.39. The average Bonchev–Trinajstić information content (AvgIpc) is 2.15. The van der Waals surface area contributed by atoms with Crippen LogP contribution in [-0.4, -0.2) is 35.5 Å². The molecule has 0 bridgehead atoms. The lowest BCUT2D eigenvalue weighted by atomic mass is 9.99.